The number of aromatic amines is 1. The number of aromatic nitrogens is 3. The molecule has 28 heavy (non-hydrogen) atoms. The molecule has 0 aliphatic rings. The van der Waals surface area contributed by atoms with Crippen LogP contribution >= 0.6 is 34.4 Å². The van der Waals surface area contributed by atoms with Gasteiger partial charge in [-0.2, -0.15) is 0 Å². The van der Waals surface area contributed by atoms with E-state index in [-0.39, 0.29) is 17.9 Å². The van der Waals surface area contributed by atoms with Crippen molar-refractivity contribution in [2.45, 2.75) is 23.4 Å². The maximum Gasteiger partial charge on any atom is 0.311 e. The monoisotopic (exact) mass is 433 g/mol. The predicted octanol–water partition coefficient (Wildman–Crippen LogP) is 4.10. The van der Waals surface area contributed by atoms with Gasteiger partial charge < -0.3 is 14.1 Å². The smallest absolute Gasteiger partial charge is 0.311 e. The van der Waals surface area contributed by atoms with Crippen molar-refractivity contribution in [2.24, 2.45) is 0 Å². The summed E-state index contributed by atoms with van der Waals surface area (Å²) in [4.78, 5) is 36.6. The summed E-state index contributed by atoms with van der Waals surface area (Å²) in [5.74, 6) is 1.42. The fraction of sp³-hybridized carbons (Fsp3) is 0.222. The van der Waals surface area contributed by atoms with E-state index in [9.17, 15) is 9.59 Å². The number of carbonyl (C=O) groups excluding carboxylic acids is 1. The lowest BCUT2D eigenvalue weighted by Crippen LogP contribution is -2.10. The Labute approximate surface area is 171 Å². The molecule has 4 heterocycles. The summed E-state index contributed by atoms with van der Waals surface area (Å²) < 4.78 is 11.1. The van der Waals surface area contributed by atoms with E-state index in [1.807, 2.05) is 16.8 Å². The van der Waals surface area contributed by atoms with Crippen LogP contribution in [0.15, 0.2) is 42.7 Å². The summed E-state index contributed by atoms with van der Waals surface area (Å²) in [6.07, 6.45) is 1.74. The zero-order chi connectivity index (χ0) is 19.5. The lowest BCUT2D eigenvalue weighted by molar-refractivity contribution is -0.142. The van der Waals surface area contributed by atoms with Gasteiger partial charge in [0.15, 0.2) is 4.34 Å². The number of thioether (sulfide) groups is 1. The molecule has 0 spiro atoms. The highest BCUT2D eigenvalue weighted by Gasteiger charge is 2.15. The number of nitrogens with zero attached hydrogens (tertiary/aromatic N) is 2. The number of H-pyrrole nitrogens is 1. The molecule has 0 unspecified atom stereocenters. The number of thiazole rings is 1. The number of thiophene rings is 1. The lowest BCUT2D eigenvalue weighted by Gasteiger charge is -2.00. The Morgan fingerprint density at radius 1 is 1.32 bits per heavy atom. The molecule has 4 rings (SSSR count). The molecule has 0 aliphatic heterocycles. The number of hydrogen-bond donors (Lipinski definition) is 1. The van der Waals surface area contributed by atoms with Gasteiger partial charge in [0.05, 0.1) is 36.1 Å². The van der Waals surface area contributed by atoms with Gasteiger partial charge in [0, 0.05) is 16.3 Å². The molecule has 10 heteroatoms. The van der Waals surface area contributed by atoms with Crippen LogP contribution in [0.3, 0.4) is 0 Å². The highest BCUT2D eigenvalue weighted by atomic mass is 32.2. The van der Waals surface area contributed by atoms with E-state index in [4.69, 9.17) is 9.15 Å². The van der Waals surface area contributed by atoms with Crippen LogP contribution in [0.4, 0.5) is 0 Å². The Morgan fingerprint density at radius 2 is 2.21 bits per heavy atom. The number of ether oxygens (including phenoxy) is 1. The number of furan rings is 1. The van der Waals surface area contributed by atoms with Crippen LogP contribution in [-0.4, -0.2) is 27.5 Å². The van der Waals surface area contributed by atoms with Crippen molar-refractivity contribution in [1.82, 2.24) is 15.0 Å². The Morgan fingerprint density at radius 3 is 3.00 bits per heavy atom. The molecule has 0 saturated heterocycles. The molecule has 0 aromatic carbocycles. The van der Waals surface area contributed by atoms with Crippen molar-refractivity contribution in [3.63, 3.8) is 0 Å². The van der Waals surface area contributed by atoms with Gasteiger partial charge in [-0.25, -0.2) is 9.97 Å². The quantitative estimate of drug-likeness (QED) is 0.346. The molecule has 7 nitrogen and oxygen atoms in total. The van der Waals surface area contributed by atoms with Crippen LogP contribution in [0.1, 0.15) is 18.4 Å². The zero-order valence-corrected chi connectivity index (χ0v) is 17.2. The molecule has 0 aliphatic carbocycles. The number of esters is 1. The summed E-state index contributed by atoms with van der Waals surface area (Å²) in [7, 11) is 0. The van der Waals surface area contributed by atoms with Gasteiger partial charge >= 0.3 is 5.97 Å². The summed E-state index contributed by atoms with van der Waals surface area (Å²) in [5.41, 5.74) is 1.25. The first kappa shape index (κ1) is 18.9. The highest BCUT2D eigenvalue weighted by molar-refractivity contribution is 8.00. The summed E-state index contributed by atoms with van der Waals surface area (Å²) >= 11 is 4.33. The van der Waals surface area contributed by atoms with Crippen molar-refractivity contribution in [3.8, 4) is 11.3 Å². The standard InChI is InChI=1S/C18H15N3O4S3/c1-2-24-14(22)6-10-7-27-18(19-10)28-9-13-20-16(23)15-11(8-26-17(15)21-13)12-4-3-5-25-12/h3-5,7-8H,2,6,9H2,1H3,(H,20,21,23). The van der Waals surface area contributed by atoms with Crippen molar-refractivity contribution >= 4 is 50.6 Å². The molecule has 4 aromatic heterocycles. The molecule has 0 amide bonds. The van der Waals surface area contributed by atoms with Crippen LogP contribution < -0.4 is 5.56 Å². The fourth-order valence-electron chi connectivity index (χ4n) is 2.60. The number of hydrogen-bond acceptors (Lipinski definition) is 9. The van der Waals surface area contributed by atoms with E-state index in [2.05, 4.69) is 15.0 Å². The molecular formula is C18H15N3O4S3. The van der Waals surface area contributed by atoms with Gasteiger partial charge in [0.2, 0.25) is 0 Å². The van der Waals surface area contributed by atoms with E-state index in [1.165, 1.54) is 34.4 Å². The van der Waals surface area contributed by atoms with Crippen molar-refractivity contribution in [3.05, 3.63) is 51.0 Å². The minimum absolute atomic E-state index is 0.163. The molecule has 0 saturated carbocycles. The van der Waals surface area contributed by atoms with E-state index >= 15 is 0 Å². The van der Waals surface area contributed by atoms with Crippen LogP contribution in [0.2, 0.25) is 0 Å². The van der Waals surface area contributed by atoms with Crippen molar-refractivity contribution in [2.75, 3.05) is 6.61 Å². The van der Waals surface area contributed by atoms with Gasteiger partial charge in [-0.3, -0.25) is 9.59 Å². The van der Waals surface area contributed by atoms with Crippen LogP contribution in [0, 0.1) is 0 Å². The molecule has 0 fully saturated rings. The lowest BCUT2D eigenvalue weighted by atomic mass is 10.2. The van der Waals surface area contributed by atoms with Gasteiger partial charge in [-0.05, 0) is 19.1 Å². The third-order valence-electron chi connectivity index (χ3n) is 3.77. The van der Waals surface area contributed by atoms with Gasteiger partial charge in [-0.15, -0.1) is 22.7 Å². The predicted molar refractivity (Wildman–Crippen MR) is 110 cm³/mol. The van der Waals surface area contributed by atoms with Crippen molar-refractivity contribution < 1.29 is 13.9 Å². The van der Waals surface area contributed by atoms with Gasteiger partial charge in [0.25, 0.3) is 5.56 Å². The molecule has 0 atom stereocenters. The second-order valence-corrected chi connectivity index (χ2v) is 8.63. The Kier molecular flexibility index (Phi) is 5.60. The Bertz CT molecular complexity index is 1160. The van der Waals surface area contributed by atoms with Gasteiger partial charge in [0.1, 0.15) is 16.4 Å². The van der Waals surface area contributed by atoms with Crippen LogP contribution in [0.5, 0.6) is 0 Å². The largest absolute Gasteiger partial charge is 0.466 e. The average molecular weight is 434 g/mol. The Balaban J connectivity index is 1.48. The highest BCUT2D eigenvalue weighted by Crippen LogP contribution is 2.31. The summed E-state index contributed by atoms with van der Waals surface area (Å²) in [5, 5.41) is 4.26. The summed E-state index contributed by atoms with van der Waals surface area (Å²) in [6, 6.07) is 3.61. The van der Waals surface area contributed by atoms with E-state index < -0.39 is 0 Å². The number of fused-ring (bicyclic) bond motifs is 1. The van der Waals surface area contributed by atoms with Crippen LogP contribution in [0.25, 0.3) is 21.5 Å². The third kappa shape index (κ3) is 4.03. The SMILES string of the molecule is CCOC(=O)Cc1csc(SCc2nc3scc(-c4ccco4)c3c(=O)[nH]2)n1. The fourth-order valence-corrected chi connectivity index (χ4v) is 5.26. The first-order valence-corrected chi connectivity index (χ1v) is 11.2. The van der Waals surface area contributed by atoms with Crippen molar-refractivity contribution in [1.29, 1.82) is 0 Å². The molecule has 1 N–H and O–H groups in total. The maximum atomic E-state index is 12.6. The van der Waals surface area contributed by atoms with E-state index in [1.54, 1.807) is 19.3 Å². The van der Waals surface area contributed by atoms with E-state index in [0.29, 0.717) is 39.9 Å². The van der Waals surface area contributed by atoms with Crippen LogP contribution in [-0.2, 0) is 21.7 Å². The second kappa shape index (κ2) is 8.29. The van der Waals surface area contributed by atoms with Gasteiger partial charge in [-0.1, -0.05) is 11.8 Å². The first-order chi connectivity index (χ1) is 13.6. The average Bonchev–Trinajstić information content (AvgIpc) is 3.40. The molecular weight excluding hydrogens is 418 g/mol. The normalized spacial score (nSPS) is 11.2. The molecule has 0 bridgehead atoms. The molecule has 0 radical (unpaired) electrons. The summed E-state index contributed by atoms with van der Waals surface area (Å²) in [6.45, 7) is 2.13. The molecule has 144 valence electrons. The number of carbonyl (C=O) groups is 1. The zero-order valence-electron chi connectivity index (χ0n) is 14.8. The second-order valence-electron chi connectivity index (χ2n) is 5.69. The topological polar surface area (TPSA) is 98.1 Å². The first-order valence-electron chi connectivity index (χ1n) is 8.41. The Hall–Kier alpha value is -2.43. The minimum atomic E-state index is -0.286. The number of rotatable bonds is 7. The molecule has 4 aromatic rings. The maximum absolute atomic E-state index is 12.6. The third-order valence-corrected chi connectivity index (χ3v) is 6.73. The van der Waals surface area contributed by atoms with E-state index in [0.717, 1.165) is 9.90 Å². The number of nitrogens with one attached hydrogen (secondary N) is 1. The minimum Gasteiger partial charge on any atom is -0.466 e.